The molecular formula is C13H7BrN4O. The summed E-state index contributed by atoms with van der Waals surface area (Å²) in [4.78, 5) is 16.1. The molecule has 92 valence electrons. The molecule has 2 heterocycles. The van der Waals surface area contributed by atoms with E-state index < -0.39 is 0 Å². The van der Waals surface area contributed by atoms with Gasteiger partial charge < -0.3 is 0 Å². The average molecular weight is 315 g/mol. The molecule has 0 aliphatic heterocycles. The number of hydrogen-bond acceptors (Lipinski definition) is 3. The molecule has 19 heavy (non-hydrogen) atoms. The Morgan fingerprint density at radius 3 is 2.74 bits per heavy atom. The Balaban J connectivity index is 2.25. The average Bonchev–Trinajstić information content (AvgIpc) is 2.76. The fourth-order valence-corrected chi connectivity index (χ4v) is 2.20. The quantitative estimate of drug-likeness (QED) is 0.749. The van der Waals surface area contributed by atoms with Gasteiger partial charge in [0.15, 0.2) is 5.65 Å². The van der Waals surface area contributed by atoms with Crippen LogP contribution in [0.1, 0.15) is 5.56 Å². The Morgan fingerprint density at radius 2 is 2.05 bits per heavy atom. The third-order valence-corrected chi connectivity index (χ3v) is 3.19. The fourth-order valence-electron chi connectivity index (χ4n) is 1.86. The van der Waals surface area contributed by atoms with Crippen molar-refractivity contribution in [3.63, 3.8) is 0 Å². The highest BCUT2D eigenvalue weighted by molar-refractivity contribution is 9.10. The molecular weight excluding hydrogens is 308 g/mol. The molecule has 5 nitrogen and oxygen atoms in total. The van der Waals surface area contributed by atoms with Crippen molar-refractivity contribution in [1.29, 1.82) is 5.26 Å². The summed E-state index contributed by atoms with van der Waals surface area (Å²) in [5.41, 5.74) is 1.67. The normalized spacial score (nSPS) is 10.5. The van der Waals surface area contributed by atoms with E-state index in [1.165, 1.54) is 0 Å². The lowest BCUT2D eigenvalue weighted by atomic mass is 10.2. The van der Waals surface area contributed by atoms with Crippen molar-refractivity contribution in [1.82, 2.24) is 14.8 Å². The number of H-pyrrole nitrogens is 1. The number of fused-ring (bicyclic) bond motifs is 1. The van der Waals surface area contributed by atoms with Crippen LogP contribution in [0, 0.1) is 11.3 Å². The van der Waals surface area contributed by atoms with Gasteiger partial charge in [-0.05, 0) is 46.3 Å². The van der Waals surface area contributed by atoms with Gasteiger partial charge in [-0.3, -0.25) is 9.89 Å². The van der Waals surface area contributed by atoms with Gasteiger partial charge in [-0.2, -0.15) is 5.26 Å². The minimum absolute atomic E-state index is 0.201. The topological polar surface area (TPSA) is 74.5 Å². The van der Waals surface area contributed by atoms with Crippen LogP contribution in [-0.2, 0) is 0 Å². The third kappa shape index (κ3) is 1.94. The SMILES string of the molecule is N#Cc1ccc(-n2[nH]c(=O)c3cc(Br)cnc32)cc1. The number of rotatable bonds is 1. The number of nitriles is 1. The van der Waals surface area contributed by atoms with Crippen molar-refractivity contribution in [2.75, 3.05) is 0 Å². The predicted octanol–water partition coefficient (Wildman–Crippen LogP) is 2.35. The van der Waals surface area contributed by atoms with Gasteiger partial charge in [0.25, 0.3) is 5.56 Å². The molecule has 1 aromatic carbocycles. The molecule has 0 aliphatic rings. The zero-order valence-electron chi connectivity index (χ0n) is 9.59. The monoisotopic (exact) mass is 314 g/mol. The zero-order valence-corrected chi connectivity index (χ0v) is 11.2. The molecule has 0 spiro atoms. The van der Waals surface area contributed by atoms with Crippen LogP contribution < -0.4 is 5.56 Å². The van der Waals surface area contributed by atoms with Crippen molar-refractivity contribution in [3.05, 3.63) is 56.9 Å². The van der Waals surface area contributed by atoms with Crippen LogP contribution >= 0.6 is 15.9 Å². The summed E-state index contributed by atoms with van der Waals surface area (Å²) in [6.07, 6.45) is 1.63. The van der Waals surface area contributed by atoms with Gasteiger partial charge in [0, 0.05) is 10.7 Å². The Hall–Kier alpha value is -2.39. The van der Waals surface area contributed by atoms with Gasteiger partial charge in [-0.15, -0.1) is 0 Å². The summed E-state index contributed by atoms with van der Waals surface area (Å²) in [6.45, 7) is 0. The van der Waals surface area contributed by atoms with Crippen LogP contribution in [0.5, 0.6) is 0 Å². The lowest BCUT2D eigenvalue weighted by Crippen LogP contribution is -2.03. The molecule has 0 radical (unpaired) electrons. The van der Waals surface area contributed by atoms with Gasteiger partial charge in [0.05, 0.1) is 22.7 Å². The first-order valence-corrected chi connectivity index (χ1v) is 6.25. The zero-order chi connectivity index (χ0) is 13.4. The number of hydrogen-bond donors (Lipinski definition) is 1. The minimum Gasteiger partial charge on any atom is -0.267 e. The lowest BCUT2D eigenvalue weighted by molar-refractivity contribution is 0.879. The second-order valence-electron chi connectivity index (χ2n) is 3.96. The van der Waals surface area contributed by atoms with Gasteiger partial charge in [0.2, 0.25) is 0 Å². The molecule has 0 saturated carbocycles. The lowest BCUT2D eigenvalue weighted by Gasteiger charge is -2.03. The van der Waals surface area contributed by atoms with Crippen LogP contribution in [0.15, 0.2) is 45.8 Å². The van der Waals surface area contributed by atoms with Crippen LogP contribution in [0.4, 0.5) is 0 Å². The highest BCUT2D eigenvalue weighted by Gasteiger charge is 2.09. The van der Waals surface area contributed by atoms with Crippen LogP contribution in [-0.4, -0.2) is 14.8 Å². The Kier molecular flexibility index (Phi) is 2.69. The molecule has 0 saturated heterocycles. The standard InChI is InChI=1S/C13H7BrN4O/c14-9-5-11-12(16-7-9)18(17-13(11)19)10-3-1-8(6-15)2-4-10/h1-5,7H,(H,17,19). The van der Waals surface area contributed by atoms with Gasteiger partial charge in [0.1, 0.15) is 0 Å². The minimum atomic E-state index is -0.201. The Labute approximate surface area is 116 Å². The van der Waals surface area contributed by atoms with Gasteiger partial charge in [-0.1, -0.05) is 0 Å². The van der Waals surface area contributed by atoms with Gasteiger partial charge >= 0.3 is 0 Å². The van der Waals surface area contributed by atoms with E-state index in [9.17, 15) is 4.79 Å². The molecule has 0 unspecified atom stereocenters. The number of pyridine rings is 1. The van der Waals surface area contributed by atoms with Crippen molar-refractivity contribution >= 4 is 27.0 Å². The molecule has 0 aliphatic carbocycles. The number of aromatic amines is 1. The number of aromatic nitrogens is 3. The van der Waals surface area contributed by atoms with E-state index in [0.29, 0.717) is 16.6 Å². The van der Waals surface area contributed by atoms with Crippen LogP contribution in [0.2, 0.25) is 0 Å². The maximum Gasteiger partial charge on any atom is 0.274 e. The van der Waals surface area contributed by atoms with Crippen molar-refractivity contribution in [2.45, 2.75) is 0 Å². The number of nitrogens with one attached hydrogen (secondary N) is 1. The molecule has 3 rings (SSSR count). The largest absolute Gasteiger partial charge is 0.274 e. The summed E-state index contributed by atoms with van der Waals surface area (Å²) in [5, 5.41) is 12.0. The van der Waals surface area contributed by atoms with Gasteiger partial charge in [-0.25, -0.2) is 9.67 Å². The first-order valence-electron chi connectivity index (χ1n) is 5.46. The molecule has 0 bridgehead atoms. The summed E-state index contributed by atoms with van der Waals surface area (Å²) >= 11 is 3.29. The number of benzene rings is 1. The van der Waals surface area contributed by atoms with E-state index >= 15 is 0 Å². The van der Waals surface area contributed by atoms with E-state index in [4.69, 9.17) is 5.26 Å². The van der Waals surface area contributed by atoms with Crippen molar-refractivity contribution in [3.8, 4) is 11.8 Å². The first kappa shape index (κ1) is 11.7. The summed E-state index contributed by atoms with van der Waals surface area (Å²) in [5.74, 6) is 0. The Bertz CT molecular complexity index is 855. The molecule has 0 atom stereocenters. The van der Waals surface area contributed by atoms with E-state index in [2.05, 4.69) is 32.1 Å². The summed E-state index contributed by atoms with van der Waals surface area (Å²) in [6, 6.07) is 10.7. The van der Waals surface area contributed by atoms with E-state index in [0.717, 1.165) is 10.2 Å². The molecule has 3 aromatic rings. The molecule has 0 fully saturated rings. The number of halogens is 1. The fraction of sp³-hybridized carbons (Fsp3) is 0. The highest BCUT2D eigenvalue weighted by Crippen LogP contribution is 2.17. The predicted molar refractivity (Wildman–Crippen MR) is 74.1 cm³/mol. The van der Waals surface area contributed by atoms with E-state index in [1.807, 2.05) is 0 Å². The van der Waals surface area contributed by atoms with E-state index in [-0.39, 0.29) is 5.56 Å². The molecule has 2 aromatic heterocycles. The smallest absolute Gasteiger partial charge is 0.267 e. The molecule has 6 heteroatoms. The third-order valence-electron chi connectivity index (χ3n) is 2.76. The second kappa shape index (κ2) is 4.37. The second-order valence-corrected chi connectivity index (χ2v) is 4.88. The first-order chi connectivity index (χ1) is 9.19. The Morgan fingerprint density at radius 1 is 1.32 bits per heavy atom. The highest BCUT2D eigenvalue weighted by atomic mass is 79.9. The maximum atomic E-state index is 11.9. The molecule has 1 N–H and O–H groups in total. The summed E-state index contributed by atoms with van der Waals surface area (Å²) < 4.78 is 2.36. The van der Waals surface area contributed by atoms with Crippen LogP contribution in [0.25, 0.3) is 16.7 Å². The van der Waals surface area contributed by atoms with Crippen molar-refractivity contribution < 1.29 is 0 Å². The van der Waals surface area contributed by atoms with Crippen LogP contribution in [0.3, 0.4) is 0 Å². The maximum absolute atomic E-state index is 11.9. The molecule has 0 amide bonds. The van der Waals surface area contributed by atoms with E-state index in [1.54, 1.807) is 41.2 Å². The summed E-state index contributed by atoms with van der Waals surface area (Å²) in [7, 11) is 0. The van der Waals surface area contributed by atoms with Crippen molar-refractivity contribution in [2.24, 2.45) is 0 Å². The number of nitrogens with zero attached hydrogens (tertiary/aromatic N) is 3.